The molecular weight excluding hydrogens is 286 g/mol. The lowest BCUT2D eigenvalue weighted by molar-refractivity contribution is 0.0538. The highest BCUT2D eigenvalue weighted by atomic mass is 32.1. The number of piperazine rings is 1. The molecule has 2 aromatic rings. The van der Waals surface area contributed by atoms with E-state index in [2.05, 4.69) is 33.8 Å². The number of carbonyl (C=O) groups excluding carboxylic acids is 1. The number of nitrogens with zero attached hydrogens (tertiary/aromatic N) is 5. The first kappa shape index (κ1) is 14.1. The number of likely N-dealkylation sites (N-methyl/N-ethyl adjacent to an activating group) is 1. The Morgan fingerprint density at radius 2 is 2.14 bits per heavy atom. The summed E-state index contributed by atoms with van der Waals surface area (Å²) in [5, 5.41) is 0.730. The van der Waals surface area contributed by atoms with E-state index in [4.69, 9.17) is 0 Å². The summed E-state index contributed by atoms with van der Waals surface area (Å²) in [4.78, 5) is 30.0. The molecule has 1 aliphatic rings. The van der Waals surface area contributed by atoms with Crippen LogP contribution >= 0.6 is 11.3 Å². The minimum Gasteiger partial charge on any atom is -0.333 e. The molecule has 110 valence electrons. The second-order valence-electron chi connectivity index (χ2n) is 5.23. The molecule has 3 heterocycles. The first-order valence-corrected chi connectivity index (χ1v) is 7.68. The van der Waals surface area contributed by atoms with Gasteiger partial charge < -0.3 is 9.80 Å². The number of aromatic nitrogens is 3. The van der Waals surface area contributed by atoms with Crippen molar-refractivity contribution < 1.29 is 4.79 Å². The minimum absolute atomic E-state index is 0.0586. The maximum atomic E-state index is 12.6. The van der Waals surface area contributed by atoms with E-state index in [-0.39, 0.29) is 11.9 Å². The van der Waals surface area contributed by atoms with Crippen LogP contribution in [0.25, 0.3) is 10.7 Å². The Kier molecular flexibility index (Phi) is 3.94. The lowest BCUT2D eigenvalue weighted by Crippen LogP contribution is -2.52. The summed E-state index contributed by atoms with van der Waals surface area (Å²) in [6, 6.07) is 0.221. The first-order chi connectivity index (χ1) is 10.1. The summed E-state index contributed by atoms with van der Waals surface area (Å²) in [5.41, 5.74) is 0.702. The zero-order valence-electron chi connectivity index (χ0n) is 12.1. The van der Waals surface area contributed by atoms with Crippen molar-refractivity contribution >= 4 is 17.2 Å². The van der Waals surface area contributed by atoms with Crippen molar-refractivity contribution in [2.75, 3.05) is 26.7 Å². The van der Waals surface area contributed by atoms with Crippen LogP contribution in [0.1, 0.15) is 16.6 Å². The van der Waals surface area contributed by atoms with Crippen LogP contribution in [0.15, 0.2) is 24.8 Å². The molecule has 0 aliphatic carbocycles. The first-order valence-electron chi connectivity index (χ1n) is 6.87. The SMILES string of the molecule is CC1CN(C)CCN1C(=O)c1cnc(-c2cnccn2)s1. The minimum atomic E-state index is 0.0586. The van der Waals surface area contributed by atoms with Crippen LogP contribution in [0.5, 0.6) is 0 Å². The molecular formula is C14H17N5OS. The number of amides is 1. The average molecular weight is 303 g/mol. The van der Waals surface area contributed by atoms with Crippen molar-refractivity contribution in [2.24, 2.45) is 0 Å². The molecule has 2 aromatic heterocycles. The Bertz CT molecular complexity index is 629. The molecule has 1 fully saturated rings. The summed E-state index contributed by atoms with van der Waals surface area (Å²) in [6.07, 6.45) is 6.55. The Hall–Kier alpha value is -1.86. The van der Waals surface area contributed by atoms with E-state index < -0.39 is 0 Å². The number of rotatable bonds is 2. The van der Waals surface area contributed by atoms with Crippen molar-refractivity contribution in [3.63, 3.8) is 0 Å². The van der Waals surface area contributed by atoms with E-state index in [1.807, 2.05) is 4.90 Å². The molecule has 1 aliphatic heterocycles. The molecule has 6 nitrogen and oxygen atoms in total. The molecule has 3 rings (SSSR count). The third kappa shape index (κ3) is 2.93. The molecule has 1 atom stereocenters. The van der Waals surface area contributed by atoms with Gasteiger partial charge in [0.1, 0.15) is 15.6 Å². The molecule has 0 radical (unpaired) electrons. The molecule has 21 heavy (non-hydrogen) atoms. The Morgan fingerprint density at radius 3 is 2.86 bits per heavy atom. The molecule has 0 N–H and O–H groups in total. The van der Waals surface area contributed by atoms with Gasteiger partial charge in [-0.3, -0.25) is 14.8 Å². The fourth-order valence-electron chi connectivity index (χ4n) is 2.48. The van der Waals surface area contributed by atoms with Crippen LogP contribution in [-0.4, -0.2) is 63.4 Å². The van der Waals surface area contributed by atoms with E-state index in [0.717, 1.165) is 24.6 Å². The van der Waals surface area contributed by atoms with Crippen LogP contribution in [-0.2, 0) is 0 Å². The molecule has 7 heteroatoms. The summed E-state index contributed by atoms with van der Waals surface area (Å²) in [5.74, 6) is 0.0586. The van der Waals surface area contributed by atoms with E-state index >= 15 is 0 Å². The quantitative estimate of drug-likeness (QED) is 0.838. The molecule has 1 saturated heterocycles. The van der Waals surface area contributed by atoms with Crippen molar-refractivity contribution in [1.29, 1.82) is 0 Å². The maximum Gasteiger partial charge on any atom is 0.265 e. The summed E-state index contributed by atoms with van der Waals surface area (Å²) in [6.45, 7) is 4.65. The van der Waals surface area contributed by atoms with E-state index in [0.29, 0.717) is 10.6 Å². The van der Waals surface area contributed by atoms with Gasteiger partial charge in [0.05, 0.1) is 12.4 Å². The number of hydrogen-bond donors (Lipinski definition) is 0. The van der Waals surface area contributed by atoms with Gasteiger partial charge in [0.15, 0.2) is 0 Å². The monoisotopic (exact) mass is 303 g/mol. The smallest absolute Gasteiger partial charge is 0.265 e. The van der Waals surface area contributed by atoms with E-state index in [9.17, 15) is 4.79 Å². The van der Waals surface area contributed by atoms with Gasteiger partial charge in [0.25, 0.3) is 5.91 Å². The van der Waals surface area contributed by atoms with Gasteiger partial charge >= 0.3 is 0 Å². The lowest BCUT2D eigenvalue weighted by Gasteiger charge is -2.37. The average Bonchev–Trinajstić information content (AvgIpc) is 2.97. The summed E-state index contributed by atoms with van der Waals surface area (Å²) < 4.78 is 0. The molecule has 0 aromatic carbocycles. The van der Waals surface area contributed by atoms with Gasteiger partial charge in [0.2, 0.25) is 0 Å². The number of carbonyl (C=O) groups is 1. The zero-order valence-corrected chi connectivity index (χ0v) is 12.9. The van der Waals surface area contributed by atoms with Crippen LogP contribution in [0, 0.1) is 0 Å². The predicted molar refractivity (Wildman–Crippen MR) is 81.1 cm³/mol. The fraction of sp³-hybridized carbons (Fsp3) is 0.429. The third-order valence-electron chi connectivity index (χ3n) is 3.59. The van der Waals surface area contributed by atoms with Crippen molar-refractivity contribution in [1.82, 2.24) is 24.8 Å². The van der Waals surface area contributed by atoms with Gasteiger partial charge in [0, 0.05) is 38.1 Å². The maximum absolute atomic E-state index is 12.6. The van der Waals surface area contributed by atoms with Crippen molar-refractivity contribution in [2.45, 2.75) is 13.0 Å². The van der Waals surface area contributed by atoms with Gasteiger partial charge in [-0.25, -0.2) is 4.98 Å². The molecule has 0 saturated carbocycles. The van der Waals surface area contributed by atoms with E-state index in [1.54, 1.807) is 24.8 Å². The standard InChI is InChI=1S/C14H17N5OS/c1-10-9-18(2)5-6-19(10)14(20)12-8-17-13(21-12)11-7-15-3-4-16-11/h3-4,7-8,10H,5-6,9H2,1-2H3. The largest absolute Gasteiger partial charge is 0.333 e. The molecule has 0 spiro atoms. The fourth-order valence-corrected chi connectivity index (χ4v) is 3.32. The lowest BCUT2D eigenvalue weighted by atomic mass is 10.2. The number of hydrogen-bond acceptors (Lipinski definition) is 6. The van der Waals surface area contributed by atoms with Crippen molar-refractivity contribution in [3.05, 3.63) is 29.7 Å². The predicted octanol–water partition coefficient (Wildman–Crippen LogP) is 1.38. The second-order valence-corrected chi connectivity index (χ2v) is 6.26. The molecule has 1 amide bonds. The van der Waals surface area contributed by atoms with Crippen LogP contribution < -0.4 is 0 Å². The zero-order chi connectivity index (χ0) is 14.8. The van der Waals surface area contributed by atoms with Gasteiger partial charge in [-0.1, -0.05) is 0 Å². The Labute approximate surface area is 127 Å². The Balaban J connectivity index is 1.78. The topological polar surface area (TPSA) is 62.2 Å². The molecule has 0 bridgehead atoms. The highest BCUT2D eigenvalue weighted by Gasteiger charge is 2.27. The van der Waals surface area contributed by atoms with Crippen molar-refractivity contribution in [3.8, 4) is 10.7 Å². The van der Waals surface area contributed by atoms with E-state index in [1.165, 1.54) is 11.3 Å². The van der Waals surface area contributed by atoms with Gasteiger partial charge in [-0.15, -0.1) is 11.3 Å². The Morgan fingerprint density at radius 1 is 1.29 bits per heavy atom. The number of thiazole rings is 1. The normalized spacial score (nSPS) is 19.7. The van der Waals surface area contributed by atoms with Crippen LogP contribution in [0.3, 0.4) is 0 Å². The third-order valence-corrected chi connectivity index (χ3v) is 4.60. The van der Waals surface area contributed by atoms with Gasteiger partial charge in [-0.2, -0.15) is 0 Å². The highest BCUT2D eigenvalue weighted by Crippen LogP contribution is 2.24. The van der Waals surface area contributed by atoms with Gasteiger partial charge in [-0.05, 0) is 14.0 Å². The van der Waals surface area contributed by atoms with Crippen LogP contribution in [0.4, 0.5) is 0 Å². The second kappa shape index (κ2) is 5.87. The highest BCUT2D eigenvalue weighted by molar-refractivity contribution is 7.16. The summed E-state index contributed by atoms with van der Waals surface area (Å²) >= 11 is 1.37. The summed E-state index contributed by atoms with van der Waals surface area (Å²) in [7, 11) is 2.08. The van der Waals surface area contributed by atoms with Crippen LogP contribution in [0.2, 0.25) is 0 Å². The molecule has 1 unspecified atom stereocenters.